The van der Waals surface area contributed by atoms with Crippen LogP contribution in [0.4, 0.5) is 17.1 Å². The second-order valence-electron chi connectivity index (χ2n) is 17.1. The van der Waals surface area contributed by atoms with E-state index in [-0.39, 0.29) is 10.8 Å². The van der Waals surface area contributed by atoms with Crippen molar-refractivity contribution in [3.8, 4) is 33.4 Å². The SMILES string of the molecule is Cc1cc2c(cc1-c1cc3c(cc1N(c1ccc4c(c1)C(C)(C)c1ccccc1-4)c1cccc4c1CCCC4)C(C)(C)c1ccccc1-3)CCCC2. The third kappa shape index (κ3) is 4.60. The third-order valence-corrected chi connectivity index (χ3v) is 13.4. The van der Waals surface area contributed by atoms with Gasteiger partial charge in [0.1, 0.15) is 0 Å². The highest BCUT2D eigenvalue weighted by molar-refractivity contribution is 5.97. The van der Waals surface area contributed by atoms with Crippen LogP contribution in [0.5, 0.6) is 0 Å². The highest BCUT2D eigenvalue weighted by Gasteiger charge is 2.39. The fraction of sp³-hybridized carbons (Fsp3) is 0.294. The monoisotopic (exact) mass is 675 g/mol. The average molecular weight is 676 g/mol. The second-order valence-corrected chi connectivity index (χ2v) is 17.1. The minimum Gasteiger partial charge on any atom is -0.310 e. The van der Waals surface area contributed by atoms with E-state index in [0.29, 0.717) is 0 Å². The molecule has 0 heterocycles. The Kier molecular flexibility index (Phi) is 7.08. The van der Waals surface area contributed by atoms with Gasteiger partial charge in [0, 0.05) is 27.8 Å². The van der Waals surface area contributed by atoms with Crippen molar-refractivity contribution in [1.29, 1.82) is 0 Å². The highest BCUT2D eigenvalue weighted by atomic mass is 15.1. The standard InChI is InChI=1S/C51H49N/c1-32-27-34-16-6-7-17-35(34)28-41(32)43-30-42-39-21-11-13-23-45(39)51(4,5)47(42)31-49(43)52(48-24-14-18-33-15-8-9-19-37(33)48)36-25-26-40-38-20-10-12-22-44(38)50(2,3)46(40)29-36/h10-14,18,20-31H,6-9,15-17,19H2,1-5H3. The minimum absolute atomic E-state index is 0.0802. The normalized spacial score (nSPS) is 17.0. The predicted molar refractivity (Wildman–Crippen MR) is 220 cm³/mol. The summed E-state index contributed by atoms with van der Waals surface area (Å²) in [5.74, 6) is 0. The van der Waals surface area contributed by atoms with Crippen molar-refractivity contribution in [1.82, 2.24) is 0 Å². The highest BCUT2D eigenvalue weighted by Crippen LogP contribution is 2.56. The molecule has 4 aliphatic carbocycles. The summed E-state index contributed by atoms with van der Waals surface area (Å²) < 4.78 is 0. The van der Waals surface area contributed by atoms with E-state index >= 15 is 0 Å². The van der Waals surface area contributed by atoms with Gasteiger partial charge in [-0.1, -0.05) is 107 Å². The Balaban J connectivity index is 1.29. The molecule has 0 radical (unpaired) electrons. The summed E-state index contributed by atoms with van der Waals surface area (Å²) in [6, 6.07) is 42.9. The third-order valence-electron chi connectivity index (χ3n) is 13.4. The maximum Gasteiger partial charge on any atom is 0.0543 e. The average Bonchev–Trinajstić information content (AvgIpc) is 3.53. The molecule has 1 heteroatoms. The second kappa shape index (κ2) is 11.6. The van der Waals surface area contributed by atoms with E-state index in [4.69, 9.17) is 0 Å². The summed E-state index contributed by atoms with van der Waals surface area (Å²) in [6.45, 7) is 12.0. The van der Waals surface area contributed by atoms with Gasteiger partial charge in [0.15, 0.2) is 0 Å². The number of hydrogen-bond donors (Lipinski definition) is 0. The van der Waals surface area contributed by atoms with Gasteiger partial charge in [-0.3, -0.25) is 0 Å². The van der Waals surface area contributed by atoms with Crippen LogP contribution in [0.15, 0.2) is 109 Å². The van der Waals surface area contributed by atoms with E-state index in [0.717, 1.165) is 12.8 Å². The van der Waals surface area contributed by atoms with E-state index in [2.05, 4.69) is 149 Å². The van der Waals surface area contributed by atoms with Gasteiger partial charge in [-0.2, -0.15) is 0 Å². The zero-order valence-corrected chi connectivity index (χ0v) is 31.5. The zero-order chi connectivity index (χ0) is 35.4. The molecule has 0 spiro atoms. The molecule has 0 saturated carbocycles. The molecule has 0 atom stereocenters. The van der Waals surface area contributed by atoms with E-state index < -0.39 is 0 Å². The number of rotatable bonds is 4. The molecule has 0 fully saturated rings. The van der Waals surface area contributed by atoms with Crippen LogP contribution in [-0.2, 0) is 36.5 Å². The van der Waals surface area contributed by atoms with Crippen LogP contribution < -0.4 is 4.90 Å². The molecule has 10 rings (SSSR count). The lowest BCUT2D eigenvalue weighted by Crippen LogP contribution is -2.20. The van der Waals surface area contributed by atoms with Crippen LogP contribution >= 0.6 is 0 Å². The molecule has 52 heavy (non-hydrogen) atoms. The Bertz CT molecular complexity index is 2440. The van der Waals surface area contributed by atoms with Crippen molar-refractivity contribution in [3.63, 3.8) is 0 Å². The maximum absolute atomic E-state index is 2.68. The van der Waals surface area contributed by atoms with Crippen molar-refractivity contribution in [3.05, 3.63) is 159 Å². The molecule has 6 aromatic rings. The molecule has 0 saturated heterocycles. The topological polar surface area (TPSA) is 3.24 Å². The number of nitrogens with zero attached hydrogens (tertiary/aromatic N) is 1. The van der Waals surface area contributed by atoms with Crippen LogP contribution in [0.1, 0.15) is 103 Å². The van der Waals surface area contributed by atoms with Crippen molar-refractivity contribution < 1.29 is 0 Å². The fourth-order valence-electron chi connectivity index (χ4n) is 10.5. The first-order valence-corrected chi connectivity index (χ1v) is 19.8. The molecule has 4 aliphatic rings. The molecule has 1 nitrogen and oxygen atoms in total. The van der Waals surface area contributed by atoms with Crippen molar-refractivity contribution in [2.45, 2.75) is 96.8 Å². The smallest absolute Gasteiger partial charge is 0.0543 e. The molecular weight excluding hydrogens is 627 g/mol. The van der Waals surface area contributed by atoms with Gasteiger partial charge < -0.3 is 4.90 Å². The molecule has 6 aromatic carbocycles. The lowest BCUT2D eigenvalue weighted by molar-refractivity contribution is 0.660. The predicted octanol–water partition coefficient (Wildman–Crippen LogP) is 13.5. The Morgan fingerprint density at radius 2 is 1.02 bits per heavy atom. The Morgan fingerprint density at radius 1 is 0.423 bits per heavy atom. The van der Waals surface area contributed by atoms with Gasteiger partial charge in [-0.25, -0.2) is 0 Å². The van der Waals surface area contributed by atoms with Crippen molar-refractivity contribution in [2.75, 3.05) is 4.90 Å². The molecule has 0 aliphatic heterocycles. The number of fused-ring (bicyclic) bond motifs is 8. The number of aryl methyl sites for hydroxylation is 4. The first kappa shape index (κ1) is 31.8. The van der Waals surface area contributed by atoms with Crippen LogP contribution in [-0.4, -0.2) is 0 Å². The van der Waals surface area contributed by atoms with Gasteiger partial charge in [0.25, 0.3) is 0 Å². The quantitative estimate of drug-likeness (QED) is 0.180. The van der Waals surface area contributed by atoms with Crippen LogP contribution in [0, 0.1) is 6.92 Å². The first-order chi connectivity index (χ1) is 25.2. The Morgan fingerprint density at radius 3 is 1.75 bits per heavy atom. The van der Waals surface area contributed by atoms with E-state index in [1.807, 2.05) is 0 Å². The minimum atomic E-state index is -0.104. The lowest BCUT2D eigenvalue weighted by Gasteiger charge is -2.34. The number of hydrogen-bond acceptors (Lipinski definition) is 1. The molecular formula is C51H49N. The fourth-order valence-corrected chi connectivity index (χ4v) is 10.5. The molecule has 0 unspecified atom stereocenters. The van der Waals surface area contributed by atoms with Gasteiger partial charge in [0.2, 0.25) is 0 Å². The van der Waals surface area contributed by atoms with Crippen LogP contribution in [0.25, 0.3) is 33.4 Å². The molecule has 0 N–H and O–H groups in total. The summed E-state index contributed by atoms with van der Waals surface area (Å²) in [5.41, 5.74) is 25.1. The largest absolute Gasteiger partial charge is 0.310 e. The lowest BCUT2D eigenvalue weighted by atomic mass is 9.80. The first-order valence-electron chi connectivity index (χ1n) is 19.8. The zero-order valence-electron chi connectivity index (χ0n) is 31.5. The van der Waals surface area contributed by atoms with Gasteiger partial charge in [-0.05, 0) is 167 Å². The van der Waals surface area contributed by atoms with Gasteiger partial charge in [0.05, 0.1) is 5.69 Å². The molecule has 258 valence electrons. The van der Waals surface area contributed by atoms with E-state index in [1.54, 1.807) is 11.1 Å². The van der Waals surface area contributed by atoms with E-state index in [1.165, 1.54) is 128 Å². The number of anilines is 3. The Labute approximate surface area is 310 Å². The van der Waals surface area contributed by atoms with Crippen molar-refractivity contribution in [2.24, 2.45) is 0 Å². The van der Waals surface area contributed by atoms with Gasteiger partial charge >= 0.3 is 0 Å². The van der Waals surface area contributed by atoms with Gasteiger partial charge in [-0.15, -0.1) is 0 Å². The number of benzene rings is 6. The molecule has 0 bridgehead atoms. The summed E-state index contributed by atoms with van der Waals surface area (Å²) in [7, 11) is 0. The van der Waals surface area contributed by atoms with E-state index in [9.17, 15) is 0 Å². The van der Waals surface area contributed by atoms with Crippen LogP contribution in [0.3, 0.4) is 0 Å². The summed E-state index contributed by atoms with van der Waals surface area (Å²) >= 11 is 0. The summed E-state index contributed by atoms with van der Waals surface area (Å²) in [6.07, 6.45) is 9.75. The molecule has 0 amide bonds. The molecule has 0 aromatic heterocycles. The maximum atomic E-state index is 2.68. The van der Waals surface area contributed by atoms with Crippen LogP contribution in [0.2, 0.25) is 0 Å². The Hall–Kier alpha value is -4.88. The summed E-state index contributed by atoms with van der Waals surface area (Å²) in [4.78, 5) is 2.68. The van der Waals surface area contributed by atoms with Crippen molar-refractivity contribution >= 4 is 17.1 Å². The summed E-state index contributed by atoms with van der Waals surface area (Å²) in [5, 5.41) is 0.